The lowest BCUT2D eigenvalue weighted by Gasteiger charge is -2.31. The zero-order chi connectivity index (χ0) is 10.4. The fourth-order valence-corrected chi connectivity index (χ4v) is 1.58. The molecular formula is C10H18N2O. The van der Waals surface area contributed by atoms with E-state index in [0.29, 0.717) is 5.82 Å². The van der Waals surface area contributed by atoms with Crippen LogP contribution in [0.2, 0.25) is 0 Å². The average molecular weight is 182 g/mol. The summed E-state index contributed by atoms with van der Waals surface area (Å²) in [5.41, 5.74) is -0.709. The lowest BCUT2D eigenvalue weighted by molar-refractivity contribution is -0.134. The van der Waals surface area contributed by atoms with E-state index in [-0.39, 0.29) is 11.4 Å². The van der Waals surface area contributed by atoms with Crippen molar-refractivity contribution in [3.8, 4) is 0 Å². The third-order valence-electron chi connectivity index (χ3n) is 2.14. The number of hydrogen-bond acceptors (Lipinski definition) is 2. The Balaban J connectivity index is 3.03. The molecule has 3 nitrogen and oxygen atoms in total. The van der Waals surface area contributed by atoms with Gasteiger partial charge in [0.05, 0.1) is 0 Å². The Labute approximate surface area is 79.8 Å². The van der Waals surface area contributed by atoms with Crippen LogP contribution in [0.15, 0.2) is 12.4 Å². The van der Waals surface area contributed by atoms with Crippen LogP contribution < -0.4 is 5.32 Å². The van der Waals surface area contributed by atoms with E-state index in [1.165, 1.54) is 0 Å². The first kappa shape index (κ1) is 10.1. The van der Waals surface area contributed by atoms with Gasteiger partial charge in [-0.05, 0) is 34.6 Å². The van der Waals surface area contributed by atoms with E-state index in [1.54, 1.807) is 4.90 Å². The maximum absolute atomic E-state index is 11.9. The third-order valence-corrected chi connectivity index (χ3v) is 2.14. The van der Waals surface area contributed by atoms with Crippen LogP contribution in [0.1, 0.15) is 34.6 Å². The highest BCUT2D eigenvalue weighted by Crippen LogP contribution is 2.28. The number of carbonyl (C=O) groups excluding carboxylic acids is 1. The van der Waals surface area contributed by atoms with Crippen molar-refractivity contribution in [2.24, 2.45) is 0 Å². The molecule has 0 aliphatic carbocycles. The van der Waals surface area contributed by atoms with Gasteiger partial charge in [0.25, 0.3) is 5.91 Å². The van der Waals surface area contributed by atoms with Crippen molar-refractivity contribution in [1.29, 1.82) is 0 Å². The molecule has 3 heteroatoms. The van der Waals surface area contributed by atoms with E-state index in [2.05, 4.69) is 11.9 Å². The van der Waals surface area contributed by atoms with Gasteiger partial charge in [-0.1, -0.05) is 6.58 Å². The summed E-state index contributed by atoms with van der Waals surface area (Å²) < 4.78 is 0. The van der Waals surface area contributed by atoms with Gasteiger partial charge in [-0.15, -0.1) is 0 Å². The maximum Gasteiger partial charge on any atom is 0.253 e. The molecule has 0 unspecified atom stereocenters. The number of amides is 1. The lowest BCUT2D eigenvalue weighted by Crippen LogP contribution is -2.46. The Kier molecular flexibility index (Phi) is 1.94. The summed E-state index contributed by atoms with van der Waals surface area (Å²) in [6.07, 6.45) is 0. The van der Waals surface area contributed by atoms with Gasteiger partial charge in [0.2, 0.25) is 0 Å². The fraction of sp³-hybridized carbons (Fsp3) is 0.700. The number of carbonyl (C=O) groups is 1. The molecule has 1 aliphatic rings. The molecule has 0 spiro atoms. The first-order valence-electron chi connectivity index (χ1n) is 4.48. The fourth-order valence-electron chi connectivity index (χ4n) is 1.58. The van der Waals surface area contributed by atoms with Crippen molar-refractivity contribution >= 4 is 5.91 Å². The summed E-state index contributed by atoms with van der Waals surface area (Å²) >= 11 is 0. The minimum atomic E-state index is -0.510. The second-order valence-electron chi connectivity index (χ2n) is 5.01. The molecule has 0 aromatic heterocycles. The summed E-state index contributed by atoms with van der Waals surface area (Å²) in [7, 11) is 0. The summed E-state index contributed by atoms with van der Waals surface area (Å²) in [6.45, 7) is 13.6. The van der Waals surface area contributed by atoms with E-state index < -0.39 is 5.54 Å². The smallest absolute Gasteiger partial charge is 0.253 e. The topological polar surface area (TPSA) is 32.3 Å². The minimum absolute atomic E-state index is 0.0880. The standard InChI is InChI=1S/C10H18N2O/c1-7-11-10(5,6)8(13)12(7)9(2,3)4/h11H,1H2,2-6H3. The molecule has 74 valence electrons. The quantitative estimate of drug-likeness (QED) is 0.615. The minimum Gasteiger partial charge on any atom is -0.358 e. The second kappa shape index (κ2) is 2.50. The Bertz CT molecular complexity index is 261. The SMILES string of the molecule is C=C1NC(C)(C)C(=O)N1C(C)(C)C. The summed E-state index contributed by atoms with van der Waals surface area (Å²) in [5.74, 6) is 0.785. The molecule has 1 saturated heterocycles. The zero-order valence-electron chi connectivity index (χ0n) is 9.06. The van der Waals surface area contributed by atoms with Crippen LogP contribution in [-0.2, 0) is 4.79 Å². The molecule has 1 N–H and O–H groups in total. The lowest BCUT2D eigenvalue weighted by atomic mass is 10.0. The normalized spacial score (nSPS) is 22.1. The molecule has 0 aromatic rings. The highest BCUT2D eigenvalue weighted by molar-refractivity contribution is 5.90. The van der Waals surface area contributed by atoms with Crippen LogP contribution in [-0.4, -0.2) is 21.9 Å². The van der Waals surface area contributed by atoms with Crippen LogP contribution in [0.3, 0.4) is 0 Å². The van der Waals surface area contributed by atoms with Gasteiger partial charge in [0.15, 0.2) is 0 Å². The van der Waals surface area contributed by atoms with Gasteiger partial charge in [-0.3, -0.25) is 9.69 Å². The molecule has 0 aromatic carbocycles. The summed E-state index contributed by atoms with van der Waals surface area (Å²) in [6, 6.07) is 0. The van der Waals surface area contributed by atoms with Gasteiger partial charge < -0.3 is 5.32 Å². The van der Waals surface area contributed by atoms with Crippen LogP contribution in [0.25, 0.3) is 0 Å². The van der Waals surface area contributed by atoms with Crippen molar-refractivity contribution in [3.05, 3.63) is 12.4 Å². The number of rotatable bonds is 0. The largest absolute Gasteiger partial charge is 0.358 e. The number of nitrogens with one attached hydrogen (secondary N) is 1. The Morgan fingerprint density at radius 3 is 2.00 bits per heavy atom. The predicted molar refractivity (Wildman–Crippen MR) is 53.0 cm³/mol. The van der Waals surface area contributed by atoms with Crippen molar-refractivity contribution in [2.45, 2.75) is 45.7 Å². The Morgan fingerprint density at radius 2 is 1.85 bits per heavy atom. The average Bonchev–Trinajstić information content (AvgIpc) is 1.99. The molecule has 1 rings (SSSR count). The molecule has 1 heterocycles. The third kappa shape index (κ3) is 1.55. The number of nitrogens with zero attached hydrogens (tertiary/aromatic N) is 1. The van der Waals surface area contributed by atoms with E-state index in [4.69, 9.17) is 0 Å². The first-order valence-corrected chi connectivity index (χ1v) is 4.48. The Hall–Kier alpha value is -0.990. The highest BCUT2D eigenvalue weighted by Gasteiger charge is 2.45. The molecule has 0 saturated carbocycles. The molecular weight excluding hydrogens is 164 g/mol. The van der Waals surface area contributed by atoms with E-state index in [1.807, 2.05) is 34.6 Å². The number of hydrogen-bond donors (Lipinski definition) is 1. The van der Waals surface area contributed by atoms with E-state index in [9.17, 15) is 4.79 Å². The second-order valence-corrected chi connectivity index (χ2v) is 5.01. The highest BCUT2D eigenvalue weighted by atomic mass is 16.2. The maximum atomic E-state index is 11.9. The van der Waals surface area contributed by atoms with Gasteiger partial charge in [0, 0.05) is 5.54 Å². The van der Waals surface area contributed by atoms with Crippen LogP contribution in [0.4, 0.5) is 0 Å². The van der Waals surface area contributed by atoms with Crippen molar-refractivity contribution in [3.63, 3.8) is 0 Å². The van der Waals surface area contributed by atoms with Crippen LogP contribution >= 0.6 is 0 Å². The van der Waals surface area contributed by atoms with E-state index >= 15 is 0 Å². The van der Waals surface area contributed by atoms with Crippen molar-refractivity contribution in [2.75, 3.05) is 0 Å². The molecule has 1 fully saturated rings. The van der Waals surface area contributed by atoms with Gasteiger partial charge in [-0.2, -0.15) is 0 Å². The van der Waals surface area contributed by atoms with Gasteiger partial charge in [-0.25, -0.2) is 0 Å². The van der Waals surface area contributed by atoms with Gasteiger partial charge in [0.1, 0.15) is 11.4 Å². The van der Waals surface area contributed by atoms with Crippen molar-refractivity contribution in [1.82, 2.24) is 10.2 Å². The predicted octanol–water partition coefficient (Wildman–Crippen LogP) is 1.47. The first-order chi connectivity index (χ1) is 5.66. The summed E-state index contributed by atoms with van der Waals surface area (Å²) in [4.78, 5) is 13.6. The molecule has 13 heavy (non-hydrogen) atoms. The Morgan fingerprint density at radius 1 is 1.38 bits per heavy atom. The molecule has 1 amide bonds. The summed E-state index contributed by atoms with van der Waals surface area (Å²) in [5, 5.41) is 3.08. The van der Waals surface area contributed by atoms with E-state index in [0.717, 1.165) is 0 Å². The molecule has 0 atom stereocenters. The monoisotopic (exact) mass is 182 g/mol. The molecule has 0 bridgehead atoms. The van der Waals surface area contributed by atoms with Crippen molar-refractivity contribution < 1.29 is 4.79 Å². The van der Waals surface area contributed by atoms with Crippen LogP contribution in [0.5, 0.6) is 0 Å². The molecule has 0 radical (unpaired) electrons. The molecule has 1 aliphatic heterocycles. The zero-order valence-corrected chi connectivity index (χ0v) is 9.06. The van der Waals surface area contributed by atoms with Gasteiger partial charge >= 0.3 is 0 Å². The van der Waals surface area contributed by atoms with Crippen LogP contribution in [0, 0.1) is 0 Å².